The number of Topliss-reactive ketones (excluding diaryl/α,β-unsaturated/α-hetero) is 1. The SMILES string of the molecule is CC(=O)CCc1c(C)[nH]c2ccc(Cl)cc12. The molecule has 0 spiro atoms. The molecule has 16 heavy (non-hydrogen) atoms. The molecule has 2 aromatic rings. The van der Waals surface area contributed by atoms with Gasteiger partial charge in [-0.05, 0) is 44.0 Å². The molecule has 0 radical (unpaired) electrons. The van der Waals surface area contributed by atoms with E-state index in [1.807, 2.05) is 25.1 Å². The Morgan fingerprint density at radius 3 is 2.88 bits per heavy atom. The minimum atomic E-state index is 0.218. The fourth-order valence-electron chi connectivity index (χ4n) is 1.98. The second kappa shape index (κ2) is 4.30. The zero-order valence-electron chi connectivity index (χ0n) is 9.43. The molecule has 3 heteroatoms. The standard InChI is InChI=1S/C13H14ClNO/c1-8(16)3-5-11-9(2)15-13-6-4-10(14)7-12(11)13/h4,6-7,15H,3,5H2,1-2H3. The molecule has 0 aliphatic rings. The number of aryl methyl sites for hydroxylation is 2. The fraction of sp³-hybridized carbons (Fsp3) is 0.308. The number of carbonyl (C=O) groups excluding carboxylic acids is 1. The van der Waals surface area contributed by atoms with E-state index >= 15 is 0 Å². The number of hydrogen-bond acceptors (Lipinski definition) is 1. The van der Waals surface area contributed by atoms with E-state index in [4.69, 9.17) is 11.6 Å². The van der Waals surface area contributed by atoms with E-state index in [2.05, 4.69) is 4.98 Å². The van der Waals surface area contributed by atoms with Gasteiger partial charge in [-0.25, -0.2) is 0 Å². The molecule has 1 aromatic carbocycles. The van der Waals surface area contributed by atoms with E-state index in [0.717, 1.165) is 28.0 Å². The van der Waals surface area contributed by atoms with Crippen LogP contribution in [0.5, 0.6) is 0 Å². The van der Waals surface area contributed by atoms with E-state index in [1.165, 1.54) is 5.56 Å². The van der Waals surface area contributed by atoms with Crippen molar-refractivity contribution in [2.45, 2.75) is 26.7 Å². The minimum Gasteiger partial charge on any atom is -0.358 e. The van der Waals surface area contributed by atoms with Gasteiger partial charge < -0.3 is 9.78 Å². The van der Waals surface area contributed by atoms with Crippen LogP contribution in [0.25, 0.3) is 10.9 Å². The number of hydrogen-bond donors (Lipinski definition) is 1. The van der Waals surface area contributed by atoms with Gasteiger partial charge in [-0.3, -0.25) is 0 Å². The molecule has 0 fully saturated rings. The van der Waals surface area contributed by atoms with Crippen molar-refractivity contribution >= 4 is 28.3 Å². The van der Waals surface area contributed by atoms with Gasteiger partial charge in [0.25, 0.3) is 0 Å². The summed E-state index contributed by atoms with van der Waals surface area (Å²) in [5, 5.41) is 1.86. The van der Waals surface area contributed by atoms with Crippen molar-refractivity contribution in [1.82, 2.24) is 4.98 Å². The smallest absolute Gasteiger partial charge is 0.130 e. The largest absolute Gasteiger partial charge is 0.358 e. The normalized spacial score (nSPS) is 10.9. The van der Waals surface area contributed by atoms with Gasteiger partial charge in [-0.15, -0.1) is 0 Å². The summed E-state index contributed by atoms with van der Waals surface area (Å²) in [4.78, 5) is 14.3. The predicted molar refractivity (Wildman–Crippen MR) is 67.0 cm³/mol. The molecule has 0 aliphatic carbocycles. The number of benzene rings is 1. The van der Waals surface area contributed by atoms with E-state index < -0.39 is 0 Å². The Balaban J connectivity index is 2.45. The summed E-state index contributed by atoms with van der Waals surface area (Å²) in [7, 11) is 0. The van der Waals surface area contributed by atoms with Crippen LogP contribution < -0.4 is 0 Å². The molecular weight excluding hydrogens is 222 g/mol. The summed E-state index contributed by atoms with van der Waals surface area (Å²) < 4.78 is 0. The monoisotopic (exact) mass is 235 g/mol. The first kappa shape index (κ1) is 11.2. The van der Waals surface area contributed by atoms with Crippen LogP contribution in [-0.4, -0.2) is 10.8 Å². The van der Waals surface area contributed by atoms with Gasteiger partial charge in [0, 0.05) is 28.0 Å². The molecule has 0 amide bonds. The zero-order valence-corrected chi connectivity index (χ0v) is 10.2. The highest BCUT2D eigenvalue weighted by atomic mass is 35.5. The van der Waals surface area contributed by atoms with Gasteiger partial charge in [-0.1, -0.05) is 11.6 Å². The Hall–Kier alpha value is -1.28. The molecule has 84 valence electrons. The molecule has 0 saturated carbocycles. The lowest BCUT2D eigenvalue weighted by molar-refractivity contribution is -0.116. The predicted octanol–water partition coefficient (Wildman–Crippen LogP) is 3.65. The first-order valence-electron chi connectivity index (χ1n) is 5.34. The third-order valence-corrected chi connectivity index (χ3v) is 3.04. The van der Waals surface area contributed by atoms with Crippen molar-refractivity contribution in [3.8, 4) is 0 Å². The van der Waals surface area contributed by atoms with E-state index in [-0.39, 0.29) is 5.78 Å². The third-order valence-electron chi connectivity index (χ3n) is 2.81. The molecule has 0 saturated heterocycles. The molecule has 2 nitrogen and oxygen atoms in total. The van der Waals surface area contributed by atoms with Gasteiger partial charge in [0.15, 0.2) is 0 Å². The number of nitrogens with one attached hydrogen (secondary N) is 1. The van der Waals surface area contributed by atoms with Crippen LogP contribution in [0.4, 0.5) is 0 Å². The molecule has 1 aromatic heterocycles. The quantitative estimate of drug-likeness (QED) is 0.866. The maximum absolute atomic E-state index is 11.0. The highest BCUT2D eigenvalue weighted by Crippen LogP contribution is 2.26. The maximum atomic E-state index is 11.0. The number of aromatic amines is 1. The van der Waals surface area contributed by atoms with Crippen molar-refractivity contribution in [2.24, 2.45) is 0 Å². The van der Waals surface area contributed by atoms with E-state index in [0.29, 0.717) is 6.42 Å². The molecule has 0 unspecified atom stereocenters. The average molecular weight is 236 g/mol. The van der Waals surface area contributed by atoms with E-state index in [9.17, 15) is 4.79 Å². The van der Waals surface area contributed by atoms with Crippen molar-refractivity contribution < 1.29 is 4.79 Å². The van der Waals surface area contributed by atoms with Gasteiger partial charge >= 0.3 is 0 Å². The van der Waals surface area contributed by atoms with Gasteiger partial charge in [0.2, 0.25) is 0 Å². The van der Waals surface area contributed by atoms with Gasteiger partial charge in [-0.2, -0.15) is 0 Å². The second-order valence-corrected chi connectivity index (χ2v) is 4.56. The summed E-state index contributed by atoms with van der Waals surface area (Å²) in [6.07, 6.45) is 1.36. The van der Waals surface area contributed by atoms with Crippen LogP contribution in [0.1, 0.15) is 24.6 Å². The molecule has 2 rings (SSSR count). The molecule has 1 N–H and O–H groups in total. The highest BCUT2D eigenvalue weighted by Gasteiger charge is 2.09. The Morgan fingerprint density at radius 2 is 2.19 bits per heavy atom. The summed E-state index contributed by atoms with van der Waals surface area (Å²) in [6, 6.07) is 5.80. The summed E-state index contributed by atoms with van der Waals surface area (Å²) in [6.45, 7) is 3.65. The number of carbonyl (C=O) groups is 1. The number of ketones is 1. The molecular formula is C13H14ClNO. The number of aromatic nitrogens is 1. The zero-order chi connectivity index (χ0) is 11.7. The highest BCUT2D eigenvalue weighted by molar-refractivity contribution is 6.31. The second-order valence-electron chi connectivity index (χ2n) is 4.12. The Kier molecular flexibility index (Phi) is 3.01. The van der Waals surface area contributed by atoms with Crippen LogP contribution in [0.3, 0.4) is 0 Å². The lowest BCUT2D eigenvalue weighted by atomic mass is 10.0. The van der Waals surface area contributed by atoms with Crippen LogP contribution in [0, 0.1) is 6.92 Å². The summed E-state index contributed by atoms with van der Waals surface area (Å²) >= 11 is 5.98. The first-order chi connectivity index (χ1) is 7.58. The number of fused-ring (bicyclic) bond motifs is 1. The van der Waals surface area contributed by atoms with Crippen molar-refractivity contribution in [2.75, 3.05) is 0 Å². The van der Waals surface area contributed by atoms with Crippen LogP contribution in [-0.2, 0) is 11.2 Å². The molecule has 1 heterocycles. The van der Waals surface area contributed by atoms with Crippen LogP contribution in [0.2, 0.25) is 5.02 Å². The molecule has 0 atom stereocenters. The van der Waals surface area contributed by atoms with Crippen LogP contribution >= 0.6 is 11.6 Å². The van der Waals surface area contributed by atoms with Crippen molar-refractivity contribution in [3.05, 3.63) is 34.5 Å². The van der Waals surface area contributed by atoms with Gasteiger partial charge in [0.1, 0.15) is 5.78 Å². The number of halogens is 1. The Bertz CT molecular complexity index is 542. The van der Waals surface area contributed by atoms with Gasteiger partial charge in [0.05, 0.1) is 0 Å². The minimum absolute atomic E-state index is 0.218. The number of rotatable bonds is 3. The lowest BCUT2D eigenvalue weighted by Crippen LogP contribution is -1.94. The molecule has 0 aliphatic heterocycles. The summed E-state index contributed by atoms with van der Waals surface area (Å²) in [5.74, 6) is 0.218. The summed E-state index contributed by atoms with van der Waals surface area (Å²) in [5.41, 5.74) is 3.41. The van der Waals surface area contributed by atoms with Crippen molar-refractivity contribution in [3.63, 3.8) is 0 Å². The maximum Gasteiger partial charge on any atom is 0.130 e. The lowest BCUT2D eigenvalue weighted by Gasteiger charge is -1.99. The van der Waals surface area contributed by atoms with Crippen molar-refractivity contribution in [1.29, 1.82) is 0 Å². The Labute approximate surface area is 99.6 Å². The first-order valence-corrected chi connectivity index (χ1v) is 5.72. The third kappa shape index (κ3) is 2.12. The van der Waals surface area contributed by atoms with Crippen LogP contribution in [0.15, 0.2) is 18.2 Å². The fourth-order valence-corrected chi connectivity index (χ4v) is 2.15. The van der Waals surface area contributed by atoms with E-state index in [1.54, 1.807) is 6.92 Å². The Morgan fingerprint density at radius 1 is 1.44 bits per heavy atom. The topological polar surface area (TPSA) is 32.9 Å². The molecule has 0 bridgehead atoms. The average Bonchev–Trinajstić information content (AvgIpc) is 2.51. The number of H-pyrrole nitrogens is 1.